The minimum absolute atomic E-state index is 0.220. The molecule has 0 bridgehead atoms. The van der Waals surface area contributed by atoms with E-state index in [2.05, 4.69) is 17.5 Å². The summed E-state index contributed by atoms with van der Waals surface area (Å²) >= 11 is 1.78. The lowest BCUT2D eigenvalue weighted by atomic mass is 9.70. The van der Waals surface area contributed by atoms with E-state index in [1.165, 1.54) is 30.6 Å². The molecule has 2 nitrogen and oxygen atoms in total. The van der Waals surface area contributed by atoms with E-state index in [0.29, 0.717) is 5.92 Å². The fraction of sp³-hybridized carbons (Fsp3) is 0.692. The summed E-state index contributed by atoms with van der Waals surface area (Å²) < 4.78 is 5.95. The van der Waals surface area contributed by atoms with Crippen molar-refractivity contribution in [2.45, 2.75) is 43.7 Å². The fourth-order valence-electron chi connectivity index (χ4n) is 3.00. The first-order valence-electron chi connectivity index (χ1n) is 6.22. The van der Waals surface area contributed by atoms with Crippen LogP contribution in [0.3, 0.4) is 0 Å². The average molecular weight is 237 g/mol. The molecule has 3 rings (SSSR count). The molecule has 1 aliphatic heterocycles. The Kier molecular flexibility index (Phi) is 2.78. The lowest BCUT2D eigenvalue weighted by Gasteiger charge is -2.48. The van der Waals surface area contributed by atoms with Gasteiger partial charge in [-0.05, 0) is 49.5 Å². The zero-order chi connectivity index (χ0) is 11.0. The molecule has 1 saturated carbocycles. The van der Waals surface area contributed by atoms with Crippen molar-refractivity contribution in [1.82, 2.24) is 0 Å². The molecule has 88 valence electrons. The summed E-state index contributed by atoms with van der Waals surface area (Å²) in [4.78, 5) is 1.33. The normalized spacial score (nSPS) is 29.9. The zero-order valence-corrected chi connectivity index (χ0v) is 10.3. The van der Waals surface area contributed by atoms with Crippen LogP contribution in [0.2, 0.25) is 0 Å². The van der Waals surface area contributed by atoms with Gasteiger partial charge in [0.2, 0.25) is 0 Å². The van der Waals surface area contributed by atoms with E-state index in [4.69, 9.17) is 10.5 Å². The molecule has 0 amide bonds. The van der Waals surface area contributed by atoms with E-state index >= 15 is 0 Å². The third-order valence-electron chi connectivity index (χ3n) is 4.18. The van der Waals surface area contributed by atoms with Gasteiger partial charge in [0.1, 0.15) is 0 Å². The molecule has 2 heterocycles. The molecule has 2 N–H and O–H groups in total. The van der Waals surface area contributed by atoms with Crippen molar-refractivity contribution in [3.05, 3.63) is 22.4 Å². The van der Waals surface area contributed by atoms with E-state index < -0.39 is 0 Å². The third kappa shape index (κ3) is 1.81. The Morgan fingerprint density at radius 3 is 3.00 bits per heavy atom. The van der Waals surface area contributed by atoms with Gasteiger partial charge in [-0.2, -0.15) is 0 Å². The van der Waals surface area contributed by atoms with Gasteiger partial charge in [0.05, 0.1) is 5.60 Å². The molecule has 0 radical (unpaired) electrons. The van der Waals surface area contributed by atoms with Crippen molar-refractivity contribution in [2.75, 3.05) is 6.61 Å². The molecule has 2 aliphatic rings. The van der Waals surface area contributed by atoms with Gasteiger partial charge in [0.15, 0.2) is 0 Å². The molecule has 2 atom stereocenters. The highest BCUT2D eigenvalue weighted by Crippen LogP contribution is 2.46. The monoisotopic (exact) mass is 237 g/mol. The van der Waals surface area contributed by atoms with E-state index in [9.17, 15) is 0 Å². The lowest BCUT2D eigenvalue weighted by Crippen LogP contribution is -2.47. The molecular weight excluding hydrogens is 218 g/mol. The highest BCUT2D eigenvalue weighted by atomic mass is 32.1. The van der Waals surface area contributed by atoms with Gasteiger partial charge < -0.3 is 10.5 Å². The van der Waals surface area contributed by atoms with E-state index in [-0.39, 0.29) is 11.6 Å². The molecule has 3 heteroatoms. The topological polar surface area (TPSA) is 35.2 Å². The second-order valence-electron chi connectivity index (χ2n) is 5.18. The first-order chi connectivity index (χ1) is 7.79. The average Bonchev–Trinajstić information content (AvgIpc) is 2.79. The summed E-state index contributed by atoms with van der Waals surface area (Å²) in [5, 5.41) is 2.12. The maximum absolute atomic E-state index is 6.37. The molecule has 0 aromatic carbocycles. The van der Waals surface area contributed by atoms with Gasteiger partial charge in [-0.25, -0.2) is 0 Å². The summed E-state index contributed by atoms with van der Waals surface area (Å²) in [6.45, 7) is 0.906. The number of hydrogen-bond donors (Lipinski definition) is 1. The largest absolute Gasteiger partial charge is 0.375 e. The molecule has 1 saturated heterocycles. The Morgan fingerprint density at radius 1 is 1.50 bits per heavy atom. The van der Waals surface area contributed by atoms with Crippen LogP contribution in [0, 0.1) is 5.92 Å². The Labute approximate surface area is 101 Å². The molecule has 1 aliphatic carbocycles. The van der Waals surface area contributed by atoms with Crippen LogP contribution < -0.4 is 5.73 Å². The minimum atomic E-state index is 0.220. The Hall–Kier alpha value is -0.380. The van der Waals surface area contributed by atoms with Crippen LogP contribution >= 0.6 is 11.3 Å². The standard InChI is InChI=1S/C13H19NOS/c14-12(11-3-1-8-16-11)10-4-7-15-13(9-10)5-2-6-13/h1,3,8,10,12H,2,4-7,9,14H2. The molecule has 2 unspecified atom stereocenters. The quantitative estimate of drug-likeness (QED) is 0.858. The van der Waals surface area contributed by atoms with Gasteiger partial charge in [-0.15, -0.1) is 11.3 Å². The van der Waals surface area contributed by atoms with Crippen LogP contribution in [0.5, 0.6) is 0 Å². The van der Waals surface area contributed by atoms with Crippen LogP contribution in [-0.2, 0) is 4.74 Å². The van der Waals surface area contributed by atoms with Crippen LogP contribution in [0.25, 0.3) is 0 Å². The number of nitrogens with two attached hydrogens (primary N) is 1. The van der Waals surface area contributed by atoms with Crippen molar-refractivity contribution in [3.8, 4) is 0 Å². The van der Waals surface area contributed by atoms with Crippen molar-refractivity contribution in [1.29, 1.82) is 0 Å². The second-order valence-corrected chi connectivity index (χ2v) is 6.16. The van der Waals surface area contributed by atoms with E-state index in [0.717, 1.165) is 13.0 Å². The predicted molar refractivity (Wildman–Crippen MR) is 66.5 cm³/mol. The fourth-order valence-corrected chi connectivity index (χ4v) is 3.83. The summed E-state index contributed by atoms with van der Waals surface area (Å²) in [7, 11) is 0. The first kappa shape index (κ1) is 10.8. The Morgan fingerprint density at radius 2 is 2.38 bits per heavy atom. The summed E-state index contributed by atoms with van der Waals surface area (Å²) in [5.74, 6) is 0.618. The third-order valence-corrected chi connectivity index (χ3v) is 5.15. The number of thiophene rings is 1. The molecule has 16 heavy (non-hydrogen) atoms. The van der Waals surface area contributed by atoms with Crippen LogP contribution in [0.4, 0.5) is 0 Å². The molecule has 1 aromatic heterocycles. The van der Waals surface area contributed by atoms with Crippen molar-refractivity contribution >= 4 is 11.3 Å². The maximum atomic E-state index is 6.37. The van der Waals surface area contributed by atoms with Crippen LogP contribution in [-0.4, -0.2) is 12.2 Å². The Bertz CT molecular complexity index is 345. The minimum Gasteiger partial charge on any atom is -0.375 e. The van der Waals surface area contributed by atoms with Gasteiger partial charge >= 0.3 is 0 Å². The molecule has 2 fully saturated rings. The lowest BCUT2D eigenvalue weighted by molar-refractivity contribution is -0.146. The highest BCUT2D eigenvalue weighted by Gasteiger charge is 2.43. The van der Waals surface area contributed by atoms with Gasteiger partial charge in [0.25, 0.3) is 0 Å². The first-order valence-corrected chi connectivity index (χ1v) is 7.10. The number of rotatable bonds is 2. The summed E-state index contributed by atoms with van der Waals surface area (Å²) in [5.41, 5.74) is 6.59. The SMILES string of the molecule is NC(c1cccs1)C1CCOC2(CCC2)C1. The van der Waals surface area contributed by atoms with Gasteiger partial charge in [-0.1, -0.05) is 6.07 Å². The smallest absolute Gasteiger partial charge is 0.0686 e. The number of ether oxygens (including phenoxy) is 1. The van der Waals surface area contributed by atoms with Crippen molar-refractivity contribution < 1.29 is 4.74 Å². The maximum Gasteiger partial charge on any atom is 0.0686 e. The highest BCUT2D eigenvalue weighted by molar-refractivity contribution is 7.10. The van der Waals surface area contributed by atoms with Crippen LogP contribution in [0.15, 0.2) is 17.5 Å². The predicted octanol–water partition coefficient (Wildman–Crippen LogP) is 3.10. The van der Waals surface area contributed by atoms with Gasteiger partial charge in [-0.3, -0.25) is 0 Å². The van der Waals surface area contributed by atoms with Crippen LogP contribution in [0.1, 0.15) is 43.0 Å². The van der Waals surface area contributed by atoms with Crippen molar-refractivity contribution in [2.24, 2.45) is 11.7 Å². The number of hydrogen-bond acceptors (Lipinski definition) is 3. The molecule has 1 aromatic rings. The summed E-state index contributed by atoms with van der Waals surface area (Å²) in [6.07, 6.45) is 6.13. The van der Waals surface area contributed by atoms with Gasteiger partial charge in [0, 0.05) is 17.5 Å². The Balaban J connectivity index is 1.70. The zero-order valence-electron chi connectivity index (χ0n) is 9.52. The van der Waals surface area contributed by atoms with Crippen molar-refractivity contribution in [3.63, 3.8) is 0 Å². The summed E-state index contributed by atoms with van der Waals surface area (Å²) in [6, 6.07) is 4.48. The second kappa shape index (κ2) is 4.13. The van der Waals surface area contributed by atoms with E-state index in [1.54, 1.807) is 11.3 Å². The molecular formula is C13H19NOS. The molecule has 1 spiro atoms. The van der Waals surface area contributed by atoms with E-state index in [1.807, 2.05) is 0 Å².